The van der Waals surface area contributed by atoms with E-state index in [0.29, 0.717) is 12.0 Å². The molecule has 1 heterocycles. The Bertz CT molecular complexity index is 425. The van der Waals surface area contributed by atoms with Crippen molar-refractivity contribution < 1.29 is 8.42 Å². The number of aliphatic imine (C=N–C) groups is 1. The van der Waals surface area contributed by atoms with Crippen molar-refractivity contribution in [1.82, 2.24) is 10.2 Å². The number of halogens is 1. The SMILES string of the molecule is CCC1(C)CCN(C(=NC)NCCS(=O)(=O)CC)C1.I. The first kappa shape index (κ1) is 19.9. The summed E-state index contributed by atoms with van der Waals surface area (Å²) in [6.07, 6.45) is 2.32. The third-order valence-electron chi connectivity index (χ3n) is 4.06. The first-order valence-electron chi connectivity index (χ1n) is 7.02. The fourth-order valence-electron chi connectivity index (χ4n) is 2.29. The van der Waals surface area contributed by atoms with Gasteiger partial charge in [-0.25, -0.2) is 8.42 Å². The van der Waals surface area contributed by atoms with Crippen LogP contribution in [0.15, 0.2) is 4.99 Å². The number of guanidine groups is 1. The molecule has 0 aromatic rings. The number of rotatable bonds is 5. The second kappa shape index (κ2) is 8.41. The minimum absolute atomic E-state index is 0. The lowest BCUT2D eigenvalue weighted by Crippen LogP contribution is -2.42. The summed E-state index contributed by atoms with van der Waals surface area (Å²) in [7, 11) is -1.16. The molecule has 1 aliphatic heterocycles. The number of nitrogens with one attached hydrogen (secondary N) is 1. The minimum atomic E-state index is -2.91. The first-order valence-corrected chi connectivity index (χ1v) is 8.84. The van der Waals surface area contributed by atoms with E-state index in [4.69, 9.17) is 0 Å². The van der Waals surface area contributed by atoms with Gasteiger partial charge in [-0.3, -0.25) is 4.99 Å². The normalized spacial score (nSPS) is 23.6. The van der Waals surface area contributed by atoms with Crippen molar-refractivity contribution in [2.24, 2.45) is 10.4 Å². The summed E-state index contributed by atoms with van der Waals surface area (Å²) in [5.74, 6) is 1.19. The molecule has 1 aliphatic rings. The Morgan fingerprint density at radius 3 is 2.50 bits per heavy atom. The highest BCUT2D eigenvalue weighted by Crippen LogP contribution is 2.32. The van der Waals surface area contributed by atoms with Gasteiger partial charge in [-0.15, -0.1) is 24.0 Å². The molecule has 0 saturated carbocycles. The molecule has 1 fully saturated rings. The highest BCUT2D eigenvalue weighted by molar-refractivity contribution is 14.0. The van der Waals surface area contributed by atoms with Gasteiger partial charge < -0.3 is 10.2 Å². The summed E-state index contributed by atoms with van der Waals surface area (Å²) in [6.45, 7) is 8.60. The second-order valence-corrected chi connectivity index (χ2v) is 8.02. The van der Waals surface area contributed by atoms with Gasteiger partial charge in [0.15, 0.2) is 15.8 Å². The maximum atomic E-state index is 11.4. The van der Waals surface area contributed by atoms with Crippen LogP contribution in [0, 0.1) is 5.41 Å². The molecule has 0 spiro atoms. The van der Waals surface area contributed by atoms with Gasteiger partial charge in [-0.05, 0) is 18.3 Å². The third kappa shape index (κ3) is 5.75. The number of hydrogen-bond acceptors (Lipinski definition) is 3. The number of hydrogen-bond donors (Lipinski definition) is 1. The van der Waals surface area contributed by atoms with Gasteiger partial charge in [0.25, 0.3) is 0 Å². The molecule has 20 heavy (non-hydrogen) atoms. The lowest BCUT2D eigenvalue weighted by atomic mass is 9.87. The number of likely N-dealkylation sites (tertiary alicyclic amines) is 1. The van der Waals surface area contributed by atoms with Crippen molar-refractivity contribution in [3.8, 4) is 0 Å². The van der Waals surface area contributed by atoms with Gasteiger partial charge in [0.05, 0.1) is 5.75 Å². The Hall–Kier alpha value is -0.0500. The van der Waals surface area contributed by atoms with E-state index in [-0.39, 0.29) is 35.5 Å². The molecule has 0 bridgehead atoms. The molecule has 1 rings (SSSR count). The molecule has 0 aliphatic carbocycles. The van der Waals surface area contributed by atoms with E-state index >= 15 is 0 Å². The summed E-state index contributed by atoms with van der Waals surface area (Å²) in [5, 5.41) is 3.16. The molecule has 1 atom stereocenters. The summed E-state index contributed by atoms with van der Waals surface area (Å²) in [4.78, 5) is 6.48. The van der Waals surface area contributed by atoms with E-state index in [1.54, 1.807) is 14.0 Å². The maximum absolute atomic E-state index is 11.4. The molecule has 0 aromatic carbocycles. The van der Waals surface area contributed by atoms with Gasteiger partial charge in [0, 0.05) is 32.4 Å². The van der Waals surface area contributed by atoms with E-state index in [9.17, 15) is 8.42 Å². The molecular weight excluding hydrogens is 389 g/mol. The van der Waals surface area contributed by atoms with Crippen molar-refractivity contribution in [3.05, 3.63) is 0 Å². The Balaban J connectivity index is 0.00000361. The Labute approximate surface area is 140 Å². The van der Waals surface area contributed by atoms with Crippen LogP contribution >= 0.6 is 24.0 Å². The molecule has 5 nitrogen and oxygen atoms in total. The van der Waals surface area contributed by atoms with Gasteiger partial charge in [-0.1, -0.05) is 20.8 Å². The van der Waals surface area contributed by atoms with Gasteiger partial charge in [-0.2, -0.15) is 0 Å². The molecule has 1 saturated heterocycles. The van der Waals surface area contributed by atoms with Crippen molar-refractivity contribution in [2.75, 3.05) is 38.2 Å². The summed E-state index contributed by atoms with van der Waals surface area (Å²) in [6, 6.07) is 0. The zero-order chi connectivity index (χ0) is 14.5. The first-order chi connectivity index (χ1) is 8.86. The molecule has 7 heteroatoms. The number of sulfone groups is 1. The van der Waals surface area contributed by atoms with E-state index in [1.807, 2.05) is 0 Å². The fraction of sp³-hybridized carbons (Fsp3) is 0.923. The summed E-state index contributed by atoms with van der Waals surface area (Å²) < 4.78 is 22.9. The fourth-order valence-corrected chi connectivity index (χ4v) is 2.99. The largest absolute Gasteiger partial charge is 0.355 e. The third-order valence-corrected chi connectivity index (χ3v) is 5.76. The lowest BCUT2D eigenvalue weighted by Gasteiger charge is -2.25. The van der Waals surface area contributed by atoms with Crippen molar-refractivity contribution >= 4 is 39.8 Å². The van der Waals surface area contributed by atoms with E-state index in [1.165, 1.54) is 0 Å². The van der Waals surface area contributed by atoms with Crippen LogP contribution in [0.2, 0.25) is 0 Å². The average molecular weight is 417 g/mol. The van der Waals surface area contributed by atoms with Crippen LogP contribution < -0.4 is 5.32 Å². The van der Waals surface area contributed by atoms with Crippen molar-refractivity contribution in [2.45, 2.75) is 33.6 Å². The molecule has 120 valence electrons. The molecule has 0 radical (unpaired) electrons. The predicted molar refractivity (Wildman–Crippen MR) is 95.7 cm³/mol. The van der Waals surface area contributed by atoms with Gasteiger partial charge >= 0.3 is 0 Å². The monoisotopic (exact) mass is 417 g/mol. The minimum Gasteiger partial charge on any atom is -0.355 e. The Kier molecular flexibility index (Phi) is 8.39. The van der Waals surface area contributed by atoms with Crippen LogP contribution in [-0.4, -0.2) is 57.5 Å². The molecule has 0 amide bonds. The van der Waals surface area contributed by atoms with E-state index in [0.717, 1.165) is 31.9 Å². The maximum Gasteiger partial charge on any atom is 0.193 e. The highest BCUT2D eigenvalue weighted by Gasteiger charge is 2.33. The van der Waals surface area contributed by atoms with Crippen LogP contribution in [-0.2, 0) is 9.84 Å². The van der Waals surface area contributed by atoms with E-state index < -0.39 is 9.84 Å². The summed E-state index contributed by atoms with van der Waals surface area (Å²) in [5.41, 5.74) is 0.354. The topological polar surface area (TPSA) is 61.8 Å². The molecule has 0 aromatic heterocycles. The molecule has 1 unspecified atom stereocenters. The van der Waals surface area contributed by atoms with Crippen LogP contribution in [0.5, 0.6) is 0 Å². The van der Waals surface area contributed by atoms with Crippen molar-refractivity contribution in [1.29, 1.82) is 0 Å². The average Bonchev–Trinajstić information content (AvgIpc) is 2.78. The van der Waals surface area contributed by atoms with E-state index in [2.05, 4.69) is 29.1 Å². The van der Waals surface area contributed by atoms with Crippen LogP contribution in [0.25, 0.3) is 0 Å². The number of nitrogens with zero attached hydrogens (tertiary/aromatic N) is 2. The zero-order valence-electron chi connectivity index (χ0n) is 13.0. The van der Waals surface area contributed by atoms with Crippen molar-refractivity contribution in [3.63, 3.8) is 0 Å². The van der Waals surface area contributed by atoms with Crippen LogP contribution in [0.4, 0.5) is 0 Å². The van der Waals surface area contributed by atoms with Crippen LogP contribution in [0.1, 0.15) is 33.6 Å². The van der Waals surface area contributed by atoms with Crippen LogP contribution in [0.3, 0.4) is 0 Å². The highest BCUT2D eigenvalue weighted by atomic mass is 127. The van der Waals surface area contributed by atoms with Gasteiger partial charge in [0.2, 0.25) is 0 Å². The molecule has 1 N–H and O–H groups in total. The zero-order valence-corrected chi connectivity index (χ0v) is 16.1. The molecular formula is C13H28IN3O2S. The second-order valence-electron chi connectivity index (χ2n) is 5.55. The predicted octanol–water partition coefficient (Wildman–Crippen LogP) is 1.74. The quantitative estimate of drug-likeness (QED) is 0.421. The summed E-state index contributed by atoms with van der Waals surface area (Å²) >= 11 is 0. The Morgan fingerprint density at radius 1 is 1.40 bits per heavy atom. The Morgan fingerprint density at radius 2 is 2.05 bits per heavy atom. The van der Waals surface area contributed by atoms with Gasteiger partial charge in [0.1, 0.15) is 0 Å². The lowest BCUT2D eigenvalue weighted by molar-refractivity contribution is 0.322. The standard InChI is InChI=1S/C13H27N3O2S.HI/c1-5-13(3)7-9-16(11-13)12(14-4)15-8-10-19(17,18)6-2;/h5-11H2,1-4H3,(H,14,15);1H. The smallest absolute Gasteiger partial charge is 0.193 e.